The number of esters is 1. The van der Waals surface area contributed by atoms with Crippen molar-refractivity contribution in [2.45, 2.75) is 51.9 Å². The van der Waals surface area contributed by atoms with Crippen LogP contribution in [-0.2, 0) is 6.42 Å². The molecule has 0 saturated heterocycles. The van der Waals surface area contributed by atoms with Crippen LogP contribution in [0.5, 0.6) is 34.5 Å². The summed E-state index contributed by atoms with van der Waals surface area (Å²) >= 11 is 0. The van der Waals surface area contributed by atoms with Crippen LogP contribution < -0.4 is 4.74 Å². The van der Waals surface area contributed by atoms with Gasteiger partial charge in [0.05, 0.1) is 11.1 Å². The van der Waals surface area contributed by atoms with E-state index in [4.69, 9.17) is 9.84 Å². The van der Waals surface area contributed by atoms with Gasteiger partial charge < -0.3 is 35.4 Å². The van der Waals surface area contributed by atoms with Gasteiger partial charge in [-0.25, -0.2) is 9.59 Å². The molecule has 31 heavy (non-hydrogen) atoms. The number of aromatic hydroxyl groups is 5. The fourth-order valence-electron chi connectivity index (χ4n) is 3.15. The van der Waals surface area contributed by atoms with Crippen LogP contribution in [0.1, 0.15) is 71.7 Å². The molecule has 2 aromatic rings. The first kappa shape index (κ1) is 23.7. The molecule has 0 spiro atoms. The lowest BCUT2D eigenvalue weighted by Crippen LogP contribution is -2.12. The lowest BCUT2D eigenvalue weighted by molar-refractivity contribution is 0.0685. The average molecular weight is 434 g/mol. The maximum atomic E-state index is 12.7. The van der Waals surface area contributed by atoms with Gasteiger partial charge in [-0.3, -0.25) is 0 Å². The Kier molecular flexibility index (Phi) is 7.95. The van der Waals surface area contributed by atoms with E-state index < -0.39 is 52.0 Å². The number of rotatable bonds is 10. The Hall–Kier alpha value is -3.62. The van der Waals surface area contributed by atoms with Gasteiger partial charge in [-0.15, -0.1) is 0 Å². The summed E-state index contributed by atoms with van der Waals surface area (Å²) in [5.74, 6) is -6.98. The number of ether oxygens (including phenoxy) is 1. The summed E-state index contributed by atoms with van der Waals surface area (Å²) < 4.78 is 5.04. The molecule has 0 unspecified atom stereocenters. The Bertz CT molecular complexity index is 966. The van der Waals surface area contributed by atoms with Crippen molar-refractivity contribution in [3.63, 3.8) is 0 Å². The smallest absolute Gasteiger partial charge is 0.344 e. The number of phenols is 5. The predicted octanol–water partition coefficient (Wildman–Crippen LogP) is 4.04. The minimum absolute atomic E-state index is 0.0499. The molecule has 0 aliphatic rings. The predicted molar refractivity (Wildman–Crippen MR) is 110 cm³/mol. The highest BCUT2D eigenvalue weighted by atomic mass is 16.5. The normalized spacial score (nSPS) is 10.7. The van der Waals surface area contributed by atoms with Crippen LogP contribution in [0.25, 0.3) is 0 Å². The highest BCUT2D eigenvalue weighted by molar-refractivity contribution is 5.96. The molecule has 2 aromatic carbocycles. The van der Waals surface area contributed by atoms with Gasteiger partial charge in [0.25, 0.3) is 0 Å². The number of phenolic OH excluding ortho intramolecular Hbond substituents is 5. The van der Waals surface area contributed by atoms with Crippen molar-refractivity contribution in [2.24, 2.45) is 0 Å². The molecule has 0 aliphatic heterocycles. The van der Waals surface area contributed by atoms with Crippen molar-refractivity contribution < 1.29 is 45.0 Å². The molecule has 0 amide bonds. The first-order valence-electron chi connectivity index (χ1n) is 9.95. The SMILES string of the molecule is CCCCCCCCc1c(C(=O)Oc2cc(C(=O)O)cc(O)c2O)cc(O)c(O)c1O. The van der Waals surface area contributed by atoms with Gasteiger partial charge in [0.15, 0.2) is 23.0 Å². The van der Waals surface area contributed by atoms with Crippen LogP contribution in [0.4, 0.5) is 0 Å². The van der Waals surface area contributed by atoms with E-state index in [-0.39, 0.29) is 17.5 Å². The van der Waals surface area contributed by atoms with E-state index in [0.29, 0.717) is 6.42 Å². The van der Waals surface area contributed by atoms with Crippen LogP contribution in [0.3, 0.4) is 0 Å². The fourth-order valence-corrected chi connectivity index (χ4v) is 3.15. The number of hydrogen-bond acceptors (Lipinski definition) is 8. The third kappa shape index (κ3) is 5.71. The zero-order chi connectivity index (χ0) is 23.1. The molecule has 0 bridgehead atoms. The van der Waals surface area contributed by atoms with Crippen molar-refractivity contribution in [1.29, 1.82) is 0 Å². The van der Waals surface area contributed by atoms with Crippen molar-refractivity contribution >= 4 is 11.9 Å². The second kappa shape index (κ2) is 10.4. The highest BCUT2D eigenvalue weighted by Gasteiger charge is 2.24. The third-order valence-electron chi connectivity index (χ3n) is 4.86. The van der Waals surface area contributed by atoms with Crippen LogP contribution in [0.2, 0.25) is 0 Å². The summed E-state index contributed by atoms with van der Waals surface area (Å²) in [6.45, 7) is 2.10. The Morgan fingerprint density at radius 1 is 0.806 bits per heavy atom. The number of hydrogen-bond donors (Lipinski definition) is 6. The minimum atomic E-state index is -1.42. The second-order valence-electron chi connectivity index (χ2n) is 7.17. The van der Waals surface area contributed by atoms with E-state index in [0.717, 1.165) is 50.3 Å². The zero-order valence-corrected chi connectivity index (χ0v) is 17.1. The second-order valence-corrected chi connectivity index (χ2v) is 7.17. The number of benzene rings is 2. The van der Waals surface area contributed by atoms with Gasteiger partial charge in [-0.1, -0.05) is 39.0 Å². The minimum Gasteiger partial charge on any atom is -0.504 e. The van der Waals surface area contributed by atoms with Crippen molar-refractivity contribution in [3.8, 4) is 34.5 Å². The molecule has 0 atom stereocenters. The molecule has 6 N–H and O–H groups in total. The van der Waals surface area contributed by atoms with E-state index >= 15 is 0 Å². The van der Waals surface area contributed by atoms with E-state index in [1.54, 1.807) is 0 Å². The third-order valence-corrected chi connectivity index (χ3v) is 4.86. The quantitative estimate of drug-likeness (QED) is 0.140. The van der Waals surface area contributed by atoms with Gasteiger partial charge in [0.1, 0.15) is 0 Å². The summed E-state index contributed by atoms with van der Waals surface area (Å²) in [5, 5.41) is 58.6. The molecule has 0 radical (unpaired) electrons. The Balaban J connectivity index is 2.30. The van der Waals surface area contributed by atoms with Crippen LogP contribution >= 0.6 is 0 Å². The molecule has 0 saturated carbocycles. The number of carboxylic acids is 1. The van der Waals surface area contributed by atoms with Gasteiger partial charge in [0.2, 0.25) is 11.5 Å². The summed E-state index contributed by atoms with van der Waals surface area (Å²) in [4.78, 5) is 23.8. The standard InChI is InChI=1S/C22H26O9/c1-2-3-4-5-6-7-8-13-14(11-16(24)20(27)18(13)25)22(30)31-17-10-12(21(28)29)9-15(23)19(17)26/h9-11,23-27H,2-8H2,1H3,(H,28,29). The molecule has 0 aromatic heterocycles. The van der Waals surface area contributed by atoms with E-state index in [1.807, 2.05) is 0 Å². The molecular formula is C22H26O9. The van der Waals surface area contributed by atoms with Gasteiger partial charge >= 0.3 is 11.9 Å². The molecular weight excluding hydrogens is 408 g/mol. The fraction of sp³-hybridized carbons (Fsp3) is 0.364. The molecule has 0 fully saturated rings. The zero-order valence-electron chi connectivity index (χ0n) is 17.1. The number of carbonyl (C=O) groups excluding carboxylic acids is 1. The van der Waals surface area contributed by atoms with Gasteiger partial charge in [0, 0.05) is 5.56 Å². The first-order chi connectivity index (χ1) is 14.7. The monoisotopic (exact) mass is 434 g/mol. The van der Waals surface area contributed by atoms with Gasteiger partial charge in [-0.05, 0) is 31.0 Å². The van der Waals surface area contributed by atoms with Crippen molar-refractivity contribution in [3.05, 3.63) is 34.9 Å². The number of carbonyl (C=O) groups is 2. The maximum absolute atomic E-state index is 12.7. The maximum Gasteiger partial charge on any atom is 0.344 e. The summed E-state index contributed by atoms with van der Waals surface area (Å²) in [7, 11) is 0. The summed E-state index contributed by atoms with van der Waals surface area (Å²) in [6.07, 6.45) is 5.85. The highest BCUT2D eigenvalue weighted by Crippen LogP contribution is 2.42. The Morgan fingerprint density at radius 2 is 1.42 bits per heavy atom. The summed E-state index contributed by atoms with van der Waals surface area (Å²) in [6, 6.07) is 2.56. The first-order valence-corrected chi connectivity index (χ1v) is 9.95. The molecule has 0 aliphatic carbocycles. The molecule has 2 rings (SSSR count). The molecule has 9 nitrogen and oxygen atoms in total. The topological polar surface area (TPSA) is 165 Å². The van der Waals surface area contributed by atoms with Crippen LogP contribution in [0.15, 0.2) is 18.2 Å². The average Bonchev–Trinajstić information content (AvgIpc) is 2.72. The lowest BCUT2D eigenvalue weighted by Gasteiger charge is -2.14. The van der Waals surface area contributed by atoms with Crippen LogP contribution in [0, 0.1) is 0 Å². The van der Waals surface area contributed by atoms with Gasteiger partial charge in [-0.2, -0.15) is 0 Å². The van der Waals surface area contributed by atoms with E-state index in [1.165, 1.54) is 0 Å². The number of unbranched alkanes of at least 4 members (excludes halogenated alkanes) is 5. The molecule has 0 heterocycles. The number of aromatic carboxylic acids is 1. The molecule has 9 heteroatoms. The number of carboxylic acid groups (broad SMARTS) is 1. The van der Waals surface area contributed by atoms with E-state index in [9.17, 15) is 35.1 Å². The summed E-state index contributed by atoms with van der Waals surface area (Å²) in [5.41, 5.74) is -0.642. The van der Waals surface area contributed by atoms with E-state index in [2.05, 4.69) is 6.92 Å². The Morgan fingerprint density at radius 3 is 2.06 bits per heavy atom. The largest absolute Gasteiger partial charge is 0.504 e. The Labute approximate surface area is 178 Å². The van der Waals surface area contributed by atoms with Crippen molar-refractivity contribution in [1.82, 2.24) is 0 Å². The van der Waals surface area contributed by atoms with Crippen molar-refractivity contribution in [2.75, 3.05) is 0 Å². The molecule has 168 valence electrons. The lowest BCUT2D eigenvalue weighted by atomic mass is 9.98. The van der Waals surface area contributed by atoms with Crippen LogP contribution in [-0.4, -0.2) is 42.6 Å².